The molecule has 2 unspecified atom stereocenters. The molecule has 5 nitrogen and oxygen atoms in total. The lowest BCUT2D eigenvalue weighted by Gasteiger charge is -2.32. The number of β-amino-alcohol motifs (C(OH)–C–C–N with tert-alkyl or cyclic N) is 1. The Labute approximate surface area is 148 Å². The molecule has 1 amide bonds. The van der Waals surface area contributed by atoms with Gasteiger partial charge in [-0.25, -0.2) is 4.39 Å². The van der Waals surface area contributed by atoms with Crippen LogP contribution in [-0.2, 0) is 4.79 Å². The van der Waals surface area contributed by atoms with E-state index in [9.17, 15) is 14.3 Å². The van der Waals surface area contributed by atoms with Gasteiger partial charge in [0.1, 0.15) is 18.0 Å². The third-order valence-corrected chi connectivity index (χ3v) is 5.60. The highest BCUT2D eigenvalue weighted by atomic mass is 19.1. The number of carbonyl (C=O) groups excluding carboxylic acids is 1. The third-order valence-electron chi connectivity index (χ3n) is 5.60. The molecule has 0 bridgehead atoms. The van der Waals surface area contributed by atoms with Gasteiger partial charge in [-0.15, -0.1) is 0 Å². The van der Waals surface area contributed by atoms with Crippen molar-refractivity contribution in [2.75, 3.05) is 19.6 Å². The summed E-state index contributed by atoms with van der Waals surface area (Å²) < 4.78 is 13.4. The molecular weight excluding hydrogens is 321 g/mol. The number of hydrogen-bond donors (Lipinski definition) is 2. The molecule has 1 saturated heterocycles. The summed E-state index contributed by atoms with van der Waals surface area (Å²) in [6.45, 7) is 3.11. The maximum absolute atomic E-state index is 13.4. The van der Waals surface area contributed by atoms with Gasteiger partial charge in [-0.3, -0.25) is 9.79 Å². The van der Waals surface area contributed by atoms with Crippen LogP contribution in [0.5, 0.6) is 0 Å². The zero-order chi connectivity index (χ0) is 18.0. The quantitative estimate of drug-likeness (QED) is 0.606. The molecule has 2 aliphatic carbocycles. The van der Waals surface area contributed by atoms with Crippen molar-refractivity contribution in [2.45, 2.75) is 64.1 Å². The highest BCUT2D eigenvalue weighted by Crippen LogP contribution is 2.30. The molecule has 3 rings (SSSR count). The normalized spacial score (nSPS) is 30.4. The van der Waals surface area contributed by atoms with Crippen LogP contribution in [0.4, 0.5) is 4.39 Å². The Hall–Kier alpha value is -1.69. The van der Waals surface area contributed by atoms with Gasteiger partial charge in [0, 0.05) is 24.4 Å². The predicted octanol–water partition coefficient (Wildman–Crippen LogP) is 2.26. The second-order valence-corrected chi connectivity index (χ2v) is 7.37. The summed E-state index contributed by atoms with van der Waals surface area (Å²) in [6, 6.07) is 0. The number of alkyl halides is 1. The molecule has 3 aliphatic rings. The van der Waals surface area contributed by atoms with Crippen LogP contribution in [0, 0.1) is 0 Å². The second kappa shape index (κ2) is 7.68. The Balaban J connectivity index is 1.71. The van der Waals surface area contributed by atoms with Crippen molar-refractivity contribution in [2.24, 2.45) is 10.7 Å². The van der Waals surface area contributed by atoms with E-state index in [0.29, 0.717) is 13.1 Å². The maximum atomic E-state index is 13.4. The maximum Gasteiger partial charge on any atom is 0.270 e. The lowest BCUT2D eigenvalue weighted by Crippen LogP contribution is -2.49. The molecule has 0 radical (unpaired) electrons. The first kappa shape index (κ1) is 18.1. The van der Waals surface area contributed by atoms with E-state index >= 15 is 0 Å². The summed E-state index contributed by atoms with van der Waals surface area (Å²) in [7, 11) is 0. The number of halogens is 1. The van der Waals surface area contributed by atoms with Gasteiger partial charge in [-0.05, 0) is 51.9 Å². The first-order valence-corrected chi connectivity index (χ1v) is 9.28. The zero-order valence-corrected chi connectivity index (χ0v) is 14.9. The van der Waals surface area contributed by atoms with E-state index in [1.807, 2.05) is 0 Å². The summed E-state index contributed by atoms with van der Waals surface area (Å²) in [5, 5.41) is 9.67. The minimum absolute atomic E-state index is 0.00562. The number of aliphatic imine (C=N–C) groups is 1. The van der Waals surface area contributed by atoms with Crippen LogP contribution in [0.1, 0.15) is 51.9 Å². The molecule has 3 fully saturated rings. The third kappa shape index (κ3) is 3.94. The SMILES string of the molecule is CC(CN=C1CCC/C1=C(/N)C(=O)N1CCC(F)C(O)C1)=C1CCC1. The number of carbonyl (C=O) groups is 1. The van der Waals surface area contributed by atoms with Crippen molar-refractivity contribution in [3.05, 3.63) is 22.4 Å². The van der Waals surface area contributed by atoms with Gasteiger partial charge in [0.05, 0.1) is 6.54 Å². The predicted molar refractivity (Wildman–Crippen MR) is 96.0 cm³/mol. The van der Waals surface area contributed by atoms with Crippen LogP contribution in [0.2, 0.25) is 0 Å². The van der Waals surface area contributed by atoms with E-state index in [0.717, 1.165) is 30.5 Å². The first-order valence-electron chi connectivity index (χ1n) is 9.28. The molecule has 1 heterocycles. The van der Waals surface area contributed by atoms with E-state index in [4.69, 9.17) is 10.7 Å². The Bertz CT molecular complexity index is 633. The second-order valence-electron chi connectivity index (χ2n) is 7.37. The molecule has 1 aliphatic heterocycles. The molecular formula is C19H28FN3O2. The molecule has 2 saturated carbocycles. The van der Waals surface area contributed by atoms with Gasteiger partial charge < -0.3 is 15.7 Å². The fraction of sp³-hybridized carbons (Fsp3) is 0.684. The Morgan fingerprint density at radius 3 is 2.68 bits per heavy atom. The van der Waals surface area contributed by atoms with Gasteiger partial charge in [0.15, 0.2) is 0 Å². The van der Waals surface area contributed by atoms with E-state index < -0.39 is 12.3 Å². The molecule has 0 aromatic carbocycles. The van der Waals surface area contributed by atoms with Crippen LogP contribution in [0.15, 0.2) is 27.4 Å². The molecule has 0 spiro atoms. The lowest BCUT2D eigenvalue weighted by atomic mass is 9.88. The van der Waals surface area contributed by atoms with Gasteiger partial charge in [0.2, 0.25) is 0 Å². The Kier molecular flexibility index (Phi) is 5.57. The van der Waals surface area contributed by atoms with E-state index in [-0.39, 0.29) is 24.6 Å². The van der Waals surface area contributed by atoms with Crippen molar-refractivity contribution in [1.29, 1.82) is 0 Å². The smallest absolute Gasteiger partial charge is 0.270 e. The van der Waals surface area contributed by atoms with Crippen LogP contribution in [0.25, 0.3) is 0 Å². The number of aliphatic hydroxyl groups excluding tert-OH is 1. The number of rotatable bonds is 3. The number of likely N-dealkylation sites (tertiary alicyclic amines) is 1. The summed E-state index contributed by atoms with van der Waals surface area (Å²) in [5.41, 5.74) is 11.0. The van der Waals surface area contributed by atoms with Gasteiger partial charge in [-0.2, -0.15) is 0 Å². The molecule has 25 heavy (non-hydrogen) atoms. The molecule has 2 atom stereocenters. The monoisotopic (exact) mass is 349 g/mol. The highest BCUT2D eigenvalue weighted by molar-refractivity contribution is 6.09. The number of nitrogens with two attached hydrogens (primary N) is 1. The average Bonchev–Trinajstić information content (AvgIpc) is 3.01. The first-order chi connectivity index (χ1) is 12.0. The van der Waals surface area contributed by atoms with Crippen LogP contribution in [0.3, 0.4) is 0 Å². The van der Waals surface area contributed by atoms with Crippen molar-refractivity contribution in [3.63, 3.8) is 0 Å². The van der Waals surface area contributed by atoms with Gasteiger partial charge in [0.25, 0.3) is 5.91 Å². The molecule has 138 valence electrons. The summed E-state index contributed by atoms with van der Waals surface area (Å²) in [6.07, 6.45) is 3.98. The molecule has 0 aromatic heterocycles. The Morgan fingerprint density at radius 1 is 1.32 bits per heavy atom. The van der Waals surface area contributed by atoms with Crippen molar-refractivity contribution in [3.8, 4) is 0 Å². The number of piperidine rings is 1. The van der Waals surface area contributed by atoms with Crippen molar-refractivity contribution >= 4 is 11.6 Å². The lowest BCUT2D eigenvalue weighted by molar-refractivity contribution is -0.132. The number of allylic oxidation sites excluding steroid dienone is 2. The summed E-state index contributed by atoms with van der Waals surface area (Å²) >= 11 is 0. The van der Waals surface area contributed by atoms with Crippen LogP contribution < -0.4 is 5.73 Å². The topological polar surface area (TPSA) is 78.9 Å². The fourth-order valence-corrected chi connectivity index (χ4v) is 3.69. The van der Waals surface area contributed by atoms with Gasteiger partial charge in [-0.1, -0.05) is 11.1 Å². The zero-order valence-electron chi connectivity index (χ0n) is 14.9. The van der Waals surface area contributed by atoms with Crippen molar-refractivity contribution < 1.29 is 14.3 Å². The number of hydrogen-bond acceptors (Lipinski definition) is 4. The Morgan fingerprint density at radius 2 is 2.04 bits per heavy atom. The van der Waals surface area contributed by atoms with E-state index in [1.54, 1.807) is 0 Å². The fourth-order valence-electron chi connectivity index (χ4n) is 3.69. The minimum atomic E-state index is -1.26. The van der Waals surface area contributed by atoms with Gasteiger partial charge >= 0.3 is 0 Å². The van der Waals surface area contributed by atoms with Crippen LogP contribution >= 0.6 is 0 Å². The number of nitrogens with zero attached hydrogens (tertiary/aromatic N) is 2. The molecule has 0 aromatic rings. The summed E-state index contributed by atoms with van der Waals surface area (Å²) in [4.78, 5) is 18.8. The summed E-state index contributed by atoms with van der Waals surface area (Å²) in [5.74, 6) is -0.301. The number of aliphatic hydroxyl groups is 1. The number of amides is 1. The standard InChI is InChI=1S/C19H28FN3O2/c1-12(13-4-2-5-13)10-22-16-7-3-6-14(16)18(21)19(25)23-9-8-15(20)17(24)11-23/h15,17,24H,2-11,21H2,1H3/b18-14-,22-16?. The van der Waals surface area contributed by atoms with Crippen molar-refractivity contribution in [1.82, 2.24) is 4.90 Å². The van der Waals surface area contributed by atoms with Crippen LogP contribution in [-0.4, -0.2) is 53.5 Å². The molecule has 3 N–H and O–H groups in total. The highest BCUT2D eigenvalue weighted by Gasteiger charge is 2.32. The largest absolute Gasteiger partial charge is 0.394 e. The van der Waals surface area contributed by atoms with E-state index in [1.165, 1.54) is 35.3 Å². The average molecular weight is 349 g/mol. The van der Waals surface area contributed by atoms with E-state index in [2.05, 4.69) is 6.92 Å². The minimum Gasteiger partial charge on any atom is -0.394 e. The molecule has 6 heteroatoms.